The SMILES string of the molecule is COC(=O)C(Cc1ccccc1)NC(=O)NCc1ccccc1-c1ccc(C2OC(CSc3ccc(NC(C)=O)cc3)C(C)C(c3ccc(CO)cc3)O2)cc1. The van der Waals surface area contributed by atoms with E-state index in [0.717, 1.165) is 49.5 Å². The van der Waals surface area contributed by atoms with Crippen LogP contribution in [0.1, 0.15) is 54.1 Å². The van der Waals surface area contributed by atoms with Crippen LogP contribution in [0, 0.1) is 5.92 Å². The van der Waals surface area contributed by atoms with Crippen LogP contribution >= 0.6 is 11.8 Å². The molecular weight excluding hydrogens is 727 g/mol. The molecule has 5 aromatic rings. The molecule has 10 nitrogen and oxygen atoms in total. The fourth-order valence-corrected chi connectivity index (χ4v) is 7.74. The molecule has 1 heterocycles. The molecular formula is C45H47N3O7S. The maximum absolute atomic E-state index is 13.0. The lowest BCUT2D eigenvalue weighted by atomic mass is 9.91. The molecule has 0 spiro atoms. The van der Waals surface area contributed by atoms with Crippen LogP contribution in [0.15, 0.2) is 132 Å². The number of esters is 1. The highest BCUT2D eigenvalue weighted by atomic mass is 32.2. The van der Waals surface area contributed by atoms with E-state index in [9.17, 15) is 19.5 Å². The number of ether oxygens (including phenoxy) is 3. The zero-order valence-corrected chi connectivity index (χ0v) is 32.5. The van der Waals surface area contributed by atoms with Gasteiger partial charge in [-0.3, -0.25) is 4.79 Å². The van der Waals surface area contributed by atoms with E-state index < -0.39 is 24.3 Å². The molecule has 1 saturated heterocycles. The monoisotopic (exact) mass is 773 g/mol. The van der Waals surface area contributed by atoms with Crippen LogP contribution in [0.3, 0.4) is 0 Å². The number of hydrogen-bond donors (Lipinski definition) is 4. The third-order valence-electron chi connectivity index (χ3n) is 9.74. The molecule has 6 rings (SSSR count). The van der Waals surface area contributed by atoms with Crippen LogP contribution in [0.2, 0.25) is 0 Å². The van der Waals surface area contributed by atoms with Crippen molar-refractivity contribution in [2.45, 2.75) is 62.9 Å². The first-order chi connectivity index (χ1) is 27.2. The number of thioether (sulfide) groups is 1. The summed E-state index contributed by atoms with van der Waals surface area (Å²) < 4.78 is 18.3. The molecule has 0 aliphatic carbocycles. The second-order valence-electron chi connectivity index (χ2n) is 13.7. The van der Waals surface area contributed by atoms with Gasteiger partial charge >= 0.3 is 12.0 Å². The van der Waals surface area contributed by atoms with Crippen LogP contribution in [0.4, 0.5) is 10.5 Å². The highest BCUT2D eigenvalue weighted by Crippen LogP contribution is 2.43. The first-order valence-corrected chi connectivity index (χ1v) is 19.5. The van der Waals surface area contributed by atoms with Crippen LogP contribution in [0.5, 0.6) is 0 Å². The predicted molar refractivity (Wildman–Crippen MR) is 218 cm³/mol. The van der Waals surface area contributed by atoms with Gasteiger partial charge in [0, 0.05) is 47.7 Å². The Labute approximate surface area is 332 Å². The standard InChI is InChI=1S/C45H47N3O7S/c1-29-41(28-56-38-23-21-37(22-24-38)47-30(2)50)54-44(55-42(29)34-15-13-32(27-49)14-16-34)35-19-17-33(18-20-35)39-12-8-7-11-36(39)26-46-45(52)48-40(43(51)53-3)25-31-9-5-4-6-10-31/h4-24,29,40-42,44,49H,25-28H2,1-3H3,(H,47,50)(H2,46,48,52). The molecule has 5 atom stereocenters. The summed E-state index contributed by atoms with van der Waals surface area (Å²) in [6.45, 7) is 3.83. The van der Waals surface area contributed by atoms with E-state index in [4.69, 9.17) is 14.2 Å². The number of carbonyl (C=O) groups is 3. The average molecular weight is 774 g/mol. The number of hydrogen-bond acceptors (Lipinski definition) is 8. The van der Waals surface area contributed by atoms with Crippen LogP contribution in [0.25, 0.3) is 11.1 Å². The Morgan fingerprint density at radius 1 is 0.804 bits per heavy atom. The molecule has 4 N–H and O–H groups in total. The second kappa shape index (κ2) is 19.4. The van der Waals surface area contributed by atoms with Crippen molar-refractivity contribution in [3.8, 4) is 11.1 Å². The molecule has 1 fully saturated rings. The van der Waals surface area contributed by atoms with Gasteiger partial charge in [-0.2, -0.15) is 0 Å². The molecule has 1 aliphatic rings. The zero-order valence-electron chi connectivity index (χ0n) is 31.6. The van der Waals surface area contributed by atoms with E-state index in [1.165, 1.54) is 14.0 Å². The number of nitrogens with one attached hydrogen (secondary N) is 3. The summed E-state index contributed by atoms with van der Waals surface area (Å²) in [4.78, 5) is 38.0. The number of aliphatic hydroxyl groups excluding tert-OH is 1. The van der Waals surface area contributed by atoms with Gasteiger partial charge in [-0.05, 0) is 57.6 Å². The lowest BCUT2D eigenvalue weighted by molar-refractivity contribution is -0.268. The van der Waals surface area contributed by atoms with E-state index in [0.29, 0.717) is 12.2 Å². The van der Waals surface area contributed by atoms with Crippen molar-refractivity contribution < 1.29 is 33.7 Å². The Kier molecular flexibility index (Phi) is 13.9. The lowest BCUT2D eigenvalue weighted by Gasteiger charge is -2.41. The maximum atomic E-state index is 13.0. The quantitative estimate of drug-likeness (QED) is 0.0660. The topological polar surface area (TPSA) is 135 Å². The van der Waals surface area contributed by atoms with E-state index in [1.54, 1.807) is 11.8 Å². The van der Waals surface area contributed by atoms with Gasteiger partial charge in [-0.15, -0.1) is 11.8 Å². The van der Waals surface area contributed by atoms with Gasteiger partial charge < -0.3 is 35.3 Å². The minimum absolute atomic E-state index is 0.0227. The summed E-state index contributed by atoms with van der Waals surface area (Å²) >= 11 is 1.69. The fraction of sp³-hybridized carbons (Fsp3) is 0.267. The number of urea groups is 1. The van der Waals surface area contributed by atoms with Gasteiger partial charge in [0.1, 0.15) is 6.04 Å². The summed E-state index contributed by atoms with van der Waals surface area (Å²) in [7, 11) is 1.31. The Bertz CT molecular complexity index is 2060. The summed E-state index contributed by atoms with van der Waals surface area (Å²) in [6, 6.07) is 39.7. The molecule has 5 unspecified atom stereocenters. The van der Waals surface area contributed by atoms with Crippen molar-refractivity contribution >= 4 is 35.4 Å². The van der Waals surface area contributed by atoms with Crippen molar-refractivity contribution in [3.05, 3.63) is 155 Å². The first-order valence-electron chi connectivity index (χ1n) is 18.6. The van der Waals surface area contributed by atoms with Crippen LogP contribution in [-0.2, 0) is 43.4 Å². The second-order valence-corrected chi connectivity index (χ2v) is 14.8. The zero-order chi connectivity index (χ0) is 39.4. The Hall–Kier alpha value is -5.46. The van der Waals surface area contributed by atoms with Gasteiger partial charge in [0.25, 0.3) is 0 Å². The highest BCUT2D eigenvalue weighted by molar-refractivity contribution is 7.99. The molecule has 11 heteroatoms. The van der Waals surface area contributed by atoms with Gasteiger partial charge in [0.2, 0.25) is 5.91 Å². The minimum atomic E-state index is -0.835. The molecule has 5 aromatic carbocycles. The molecule has 0 bridgehead atoms. The Morgan fingerprint density at radius 3 is 2.16 bits per heavy atom. The number of amides is 3. The third kappa shape index (κ3) is 10.6. The first kappa shape index (κ1) is 40.2. The molecule has 3 amide bonds. The largest absolute Gasteiger partial charge is 0.467 e. The molecule has 0 saturated carbocycles. The van der Waals surface area contributed by atoms with Gasteiger partial charge in [0.15, 0.2) is 6.29 Å². The number of aliphatic hydroxyl groups is 1. The predicted octanol–water partition coefficient (Wildman–Crippen LogP) is 7.97. The van der Waals surface area contributed by atoms with Crippen molar-refractivity contribution in [1.82, 2.24) is 10.6 Å². The minimum Gasteiger partial charge on any atom is -0.467 e. The third-order valence-corrected chi connectivity index (χ3v) is 10.8. The highest BCUT2D eigenvalue weighted by Gasteiger charge is 2.38. The Morgan fingerprint density at radius 2 is 1.48 bits per heavy atom. The number of benzene rings is 5. The van der Waals surface area contributed by atoms with Gasteiger partial charge in [-0.25, -0.2) is 9.59 Å². The number of anilines is 1. The number of rotatable bonds is 14. The van der Waals surface area contributed by atoms with Crippen LogP contribution < -0.4 is 16.0 Å². The van der Waals surface area contributed by atoms with Crippen molar-refractivity contribution in [1.29, 1.82) is 0 Å². The summed E-state index contributed by atoms with van der Waals surface area (Å²) in [5.74, 6) is 0.0777. The van der Waals surface area contributed by atoms with Gasteiger partial charge in [0.05, 0.1) is 25.9 Å². The average Bonchev–Trinajstić information content (AvgIpc) is 3.23. The summed E-state index contributed by atoms with van der Waals surface area (Å²) in [5, 5.41) is 18.1. The van der Waals surface area contributed by atoms with Crippen molar-refractivity contribution in [3.63, 3.8) is 0 Å². The van der Waals surface area contributed by atoms with Crippen molar-refractivity contribution in [2.75, 3.05) is 18.2 Å². The van der Waals surface area contributed by atoms with E-state index in [-0.39, 0.29) is 37.2 Å². The maximum Gasteiger partial charge on any atom is 0.328 e. The van der Waals surface area contributed by atoms with E-state index >= 15 is 0 Å². The van der Waals surface area contributed by atoms with Crippen molar-refractivity contribution in [2.24, 2.45) is 5.92 Å². The molecule has 56 heavy (non-hydrogen) atoms. The smallest absolute Gasteiger partial charge is 0.328 e. The molecule has 0 radical (unpaired) electrons. The van der Waals surface area contributed by atoms with E-state index in [2.05, 4.69) is 22.9 Å². The van der Waals surface area contributed by atoms with Gasteiger partial charge in [-0.1, -0.05) is 110 Å². The number of carbonyl (C=O) groups excluding carboxylic acids is 3. The molecule has 290 valence electrons. The Balaban J connectivity index is 1.15. The van der Waals surface area contributed by atoms with Crippen LogP contribution in [-0.4, -0.2) is 48.0 Å². The fourth-order valence-electron chi connectivity index (χ4n) is 6.67. The number of methoxy groups -OCH3 is 1. The molecule has 0 aromatic heterocycles. The normalized spacial score (nSPS) is 18.4. The lowest BCUT2D eigenvalue weighted by Crippen LogP contribution is -2.47. The van der Waals surface area contributed by atoms with E-state index in [1.807, 2.05) is 127 Å². The summed E-state index contributed by atoms with van der Waals surface area (Å²) in [5.41, 5.74) is 7.18. The summed E-state index contributed by atoms with van der Waals surface area (Å²) in [6.07, 6.45) is -0.726. The molecule has 1 aliphatic heterocycles.